The Bertz CT molecular complexity index is 1640. The molecule has 1 aliphatic carbocycles. The smallest absolute Gasteiger partial charge is 0.154 e. The average Bonchev–Trinajstić information content (AvgIpc) is 3.24. The highest BCUT2D eigenvalue weighted by atomic mass is 32.2. The number of para-hydroxylation sites is 1. The van der Waals surface area contributed by atoms with E-state index < -0.39 is 0 Å². The van der Waals surface area contributed by atoms with Gasteiger partial charge in [0, 0.05) is 27.8 Å². The van der Waals surface area contributed by atoms with Gasteiger partial charge in [-0.3, -0.25) is 4.57 Å². The van der Waals surface area contributed by atoms with Gasteiger partial charge in [0.1, 0.15) is 16.6 Å². The first-order valence-electron chi connectivity index (χ1n) is 12.8. The number of ether oxygens (including phenoxy) is 1. The lowest BCUT2D eigenvalue weighted by molar-refractivity contribution is 0.253. The maximum absolute atomic E-state index is 6.65. The number of rotatable bonds is 5. The second-order valence-electron chi connectivity index (χ2n) is 9.83. The summed E-state index contributed by atoms with van der Waals surface area (Å²) in [6.45, 7) is 0. The Morgan fingerprint density at radius 2 is 1.74 bits per heavy atom. The van der Waals surface area contributed by atoms with Crippen LogP contribution in [-0.4, -0.2) is 21.6 Å². The van der Waals surface area contributed by atoms with Crippen molar-refractivity contribution in [3.8, 4) is 34.1 Å². The molecule has 0 atom stereocenters. The van der Waals surface area contributed by atoms with E-state index in [-0.39, 0.29) is 5.54 Å². The Kier molecular flexibility index (Phi) is 5.49. The van der Waals surface area contributed by atoms with Gasteiger partial charge in [-0.15, -0.1) is 0 Å². The third kappa shape index (κ3) is 3.78. The molecule has 2 aromatic heterocycles. The average molecular weight is 518 g/mol. The zero-order valence-corrected chi connectivity index (χ0v) is 21.8. The maximum atomic E-state index is 6.65. The highest BCUT2D eigenvalue weighted by molar-refractivity contribution is 7.99. The Hall–Kier alpha value is -4.07. The number of aromatic nitrogens is 3. The van der Waals surface area contributed by atoms with E-state index in [0.29, 0.717) is 0 Å². The number of hydrogen-bond donors (Lipinski definition) is 2. The standard InChI is InChI=1S/C31H27N5OS/c1-37-22-13-15-23(16-14-22)38-30-27(20-9-11-21(12-10-20)31(32)17-5-18-31)36-26-8-4-19-33-28(26)34-25-7-3-2-6-24(25)29(36)35-30/h2-4,6-16,19H,5,17-18,32H2,1H3,(H,33,34). The zero-order chi connectivity index (χ0) is 25.7. The second kappa shape index (κ2) is 9.04. The normalized spacial score (nSPS) is 14.8. The van der Waals surface area contributed by atoms with Crippen molar-refractivity contribution in [2.75, 3.05) is 12.4 Å². The number of pyridine rings is 1. The van der Waals surface area contributed by atoms with Crippen molar-refractivity contribution in [2.24, 2.45) is 5.73 Å². The summed E-state index contributed by atoms with van der Waals surface area (Å²) < 4.78 is 7.61. The minimum absolute atomic E-state index is 0.201. The van der Waals surface area contributed by atoms with Crippen LogP contribution in [0, 0.1) is 0 Å². The number of benzene rings is 3. The van der Waals surface area contributed by atoms with Crippen molar-refractivity contribution in [1.82, 2.24) is 14.5 Å². The van der Waals surface area contributed by atoms with Crippen LogP contribution < -0.4 is 15.8 Å². The van der Waals surface area contributed by atoms with Crippen LogP contribution in [0.1, 0.15) is 24.8 Å². The lowest BCUT2D eigenvalue weighted by atomic mass is 9.72. The van der Waals surface area contributed by atoms with Crippen molar-refractivity contribution in [1.29, 1.82) is 0 Å². The topological polar surface area (TPSA) is 78.0 Å². The van der Waals surface area contributed by atoms with E-state index >= 15 is 0 Å². The zero-order valence-electron chi connectivity index (χ0n) is 21.0. The Morgan fingerprint density at radius 3 is 2.47 bits per heavy atom. The largest absolute Gasteiger partial charge is 0.497 e. The van der Waals surface area contributed by atoms with Crippen molar-refractivity contribution in [3.63, 3.8) is 0 Å². The van der Waals surface area contributed by atoms with Crippen LogP contribution in [0.2, 0.25) is 0 Å². The van der Waals surface area contributed by atoms with Crippen molar-refractivity contribution >= 4 is 23.3 Å². The van der Waals surface area contributed by atoms with Gasteiger partial charge in [0.05, 0.1) is 24.2 Å². The minimum atomic E-state index is -0.201. The summed E-state index contributed by atoms with van der Waals surface area (Å²) >= 11 is 1.65. The van der Waals surface area contributed by atoms with Gasteiger partial charge in [0.25, 0.3) is 0 Å². The van der Waals surface area contributed by atoms with E-state index in [1.54, 1.807) is 18.9 Å². The summed E-state index contributed by atoms with van der Waals surface area (Å²) in [5, 5.41) is 4.46. The predicted octanol–water partition coefficient (Wildman–Crippen LogP) is 7.16. The van der Waals surface area contributed by atoms with Crippen molar-refractivity contribution in [3.05, 3.63) is 96.7 Å². The molecule has 188 valence electrons. The molecular weight excluding hydrogens is 490 g/mol. The Labute approximate surface area is 225 Å². The monoisotopic (exact) mass is 517 g/mol. The van der Waals surface area contributed by atoms with Crippen molar-refractivity contribution < 1.29 is 4.74 Å². The molecule has 1 saturated carbocycles. The summed E-state index contributed by atoms with van der Waals surface area (Å²) in [4.78, 5) is 11.0. The quantitative estimate of drug-likeness (QED) is 0.253. The third-order valence-electron chi connectivity index (χ3n) is 7.55. The van der Waals surface area contributed by atoms with Gasteiger partial charge >= 0.3 is 0 Å². The molecule has 1 aliphatic heterocycles. The first-order chi connectivity index (χ1) is 18.6. The van der Waals surface area contributed by atoms with E-state index in [0.717, 1.165) is 68.4 Å². The molecular formula is C31H27N5OS. The lowest BCUT2D eigenvalue weighted by Gasteiger charge is -2.38. The van der Waals surface area contributed by atoms with Gasteiger partial charge in [-0.25, -0.2) is 9.97 Å². The number of imidazole rings is 1. The SMILES string of the molecule is COc1ccc(Sc2nc3n(c2-c2ccc(C4(N)CCC4)cc2)-c2cccnc2Nc2ccccc2-3)cc1. The molecule has 0 bridgehead atoms. The molecule has 0 saturated heterocycles. The molecule has 38 heavy (non-hydrogen) atoms. The van der Waals surface area contributed by atoms with Crippen LogP contribution in [0.5, 0.6) is 5.75 Å². The molecule has 0 amide bonds. The Balaban J connectivity index is 1.45. The first kappa shape index (κ1) is 23.1. The van der Waals surface area contributed by atoms with E-state index in [1.807, 2.05) is 36.5 Å². The molecule has 6 nitrogen and oxygen atoms in total. The highest BCUT2D eigenvalue weighted by Gasteiger charge is 2.34. The number of anilines is 2. The molecule has 2 aliphatic rings. The van der Waals surface area contributed by atoms with Crippen LogP contribution >= 0.6 is 11.8 Å². The molecule has 0 unspecified atom stereocenters. The van der Waals surface area contributed by atoms with Gasteiger partial charge in [-0.1, -0.05) is 48.2 Å². The third-order valence-corrected chi connectivity index (χ3v) is 8.53. The van der Waals surface area contributed by atoms with Crippen LogP contribution in [-0.2, 0) is 5.54 Å². The molecule has 3 aromatic carbocycles. The second-order valence-corrected chi connectivity index (χ2v) is 10.9. The van der Waals surface area contributed by atoms with E-state index in [9.17, 15) is 0 Å². The molecule has 7 heteroatoms. The van der Waals surface area contributed by atoms with Crippen molar-refractivity contribution in [2.45, 2.75) is 34.7 Å². The first-order valence-corrected chi connectivity index (χ1v) is 13.6. The fourth-order valence-electron chi connectivity index (χ4n) is 5.29. The fourth-order valence-corrected chi connectivity index (χ4v) is 6.22. The number of hydrogen-bond acceptors (Lipinski definition) is 6. The predicted molar refractivity (Wildman–Crippen MR) is 152 cm³/mol. The fraction of sp³-hybridized carbons (Fsp3) is 0.161. The number of methoxy groups -OCH3 is 1. The van der Waals surface area contributed by atoms with Crippen LogP contribution in [0.3, 0.4) is 0 Å². The molecule has 5 aromatic rings. The highest BCUT2D eigenvalue weighted by Crippen LogP contribution is 2.46. The van der Waals surface area contributed by atoms with Gasteiger partial charge in [0.2, 0.25) is 0 Å². The number of nitrogens with two attached hydrogens (primary N) is 1. The van der Waals surface area contributed by atoms with E-state index in [2.05, 4.69) is 64.5 Å². The van der Waals surface area contributed by atoms with E-state index in [4.69, 9.17) is 20.4 Å². The van der Waals surface area contributed by atoms with Crippen LogP contribution in [0.25, 0.3) is 28.3 Å². The molecule has 0 radical (unpaired) electrons. The molecule has 7 rings (SSSR count). The summed E-state index contributed by atoms with van der Waals surface area (Å²) in [5.74, 6) is 2.51. The van der Waals surface area contributed by atoms with Crippen LogP contribution in [0.15, 0.2) is 101 Å². The number of fused-ring (bicyclic) bond motifs is 5. The molecule has 0 spiro atoms. The lowest BCUT2D eigenvalue weighted by Crippen LogP contribution is -2.43. The minimum Gasteiger partial charge on any atom is -0.497 e. The number of nitrogens with one attached hydrogen (secondary N) is 1. The molecule has 3 heterocycles. The summed E-state index contributed by atoms with van der Waals surface area (Å²) in [6, 6.07) is 29.2. The van der Waals surface area contributed by atoms with Crippen LogP contribution in [0.4, 0.5) is 11.5 Å². The molecule has 1 fully saturated rings. The summed E-state index contributed by atoms with van der Waals surface area (Å²) in [5.41, 5.74) is 12.7. The van der Waals surface area contributed by atoms with Gasteiger partial charge in [-0.2, -0.15) is 0 Å². The molecule has 3 N–H and O–H groups in total. The maximum Gasteiger partial charge on any atom is 0.154 e. The van der Waals surface area contributed by atoms with Gasteiger partial charge in [0.15, 0.2) is 5.82 Å². The number of nitrogens with zero attached hydrogens (tertiary/aromatic N) is 3. The summed E-state index contributed by atoms with van der Waals surface area (Å²) in [7, 11) is 1.68. The van der Waals surface area contributed by atoms with E-state index in [1.165, 1.54) is 12.0 Å². The van der Waals surface area contributed by atoms with Gasteiger partial charge in [-0.05, 0) is 73.4 Å². The summed E-state index contributed by atoms with van der Waals surface area (Å²) in [6.07, 6.45) is 5.08. The van der Waals surface area contributed by atoms with Gasteiger partial charge < -0.3 is 15.8 Å². The Morgan fingerprint density at radius 1 is 0.947 bits per heavy atom.